The lowest BCUT2D eigenvalue weighted by molar-refractivity contribution is 0.0536. The Kier molecular flexibility index (Phi) is 4.45. The van der Waals surface area contributed by atoms with Crippen molar-refractivity contribution in [2.45, 2.75) is 0 Å². The van der Waals surface area contributed by atoms with Crippen molar-refractivity contribution < 1.29 is 9.59 Å². The van der Waals surface area contributed by atoms with Crippen molar-refractivity contribution in [1.29, 1.82) is 0 Å². The van der Waals surface area contributed by atoms with Crippen LogP contribution >= 0.6 is 22.9 Å². The van der Waals surface area contributed by atoms with E-state index in [1.807, 2.05) is 16.8 Å². The second kappa shape index (κ2) is 6.50. The molecule has 4 nitrogen and oxygen atoms in total. The van der Waals surface area contributed by atoms with Crippen LogP contribution in [0.1, 0.15) is 20.7 Å². The number of benzene rings is 1. The number of thiophene rings is 1. The third-order valence-electron chi connectivity index (χ3n) is 3.73. The molecule has 0 unspecified atom stereocenters. The Bertz CT molecular complexity index is 679. The standard InChI is InChI=1S/C16H15ClN2O2S/c17-14-4-2-1-3-13(14)16(21)19-8-6-18(7-9-19)15(20)12-5-10-22-11-12/h1-5,10-11H,6-9H2. The van der Waals surface area contributed by atoms with Crippen LogP contribution in [0.5, 0.6) is 0 Å². The molecule has 0 N–H and O–H groups in total. The maximum absolute atomic E-state index is 12.5. The maximum Gasteiger partial charge on any atom is 0.255 e. The molecule has 0 aliphatic carbocycles. The van der Waals surface area contributed by atoms with Gasteiger partial charge in [-0.05, 0) is 23.6 Å². The zero-order valence-electron chi connectivity index (χ0n) is 11.9. The molecule has 0 saturated carbocycles. The molecular weight excluding hydrogens is 320 g/mol. The number of hydrogen-bond donors (Lipinski definition) is 0. The molecule has 1 aromatic heterocycles. The molecule has 1 fully saturated rings. The van der Waals surface area contributed by atoms with Gasteiger partial charge in [-0.25, -0.2) is 0 Å². The summed E-state index contributed by atoms with van der Waals surface area (Å²) < 4.78 is 0. The van der Waals surface area contributed by atoms with Crippen LogP contribution in [-0.4, -0.2) is 47.8 Å². The number of rotatable bonds is 2. The molecule has 1 aliphatic heterocycles. The van der Waals surface area contributed by atoms with Crippen LogP contribution in [0.4, 0.5) is 0 Å². The SMILES string of the molecule is O=C(c1ccsc1)N1CCN(C(=O)c2ccccc2Cl)CC1. The van der Waals surface area contributed by atoms with E-state index >= 15 is 0 Å². The van der Waals surface area contributed by atoms with Crippen LogP contribution in [0.2, 0.25) is 5.02 Å². The number of hydrogen-bond acceptors (Lipinski definition) is 3. The predicted octanol–water partition coefficient (Wildman–Crippen LogP) is 3.00. The van der Waals surface area contributed by atoms with Crippen LogP contribution in [0.25, 0.3) is 0 Å². The molecule has 1 aromatic carbocycles. The summed E-state index contributed by atoms with van der Waals surface area (Å²) in [4.78, 5) is 28.3. The number of carbonyl (C=O) groups excluding carboxylic acids is 2. The highest BCUT2D eigenvalue weighted by Crippen LogP contribution is 2.19. The largest absolute Gasteiger partial charge is 0.335 e. The van der Waals surface area contributed by atoms with Gasteiger partial charge < -0.3 is 9.80 Å². The molecule has 0 spiro atoms. The number of carbonyl (C=O) groups is 2. The van der Waals surface area contributed by atoms with Gasteiger partial charge in [0.05, 0.1) is 16.1 Å². The Hall–Kier alpha value is -1.85. The Morgan fingerprint density at radius 2 is 1.59 bits per heavy atom. The van der Waals surface area contributed by atoms with Crippen molar-refractivity contribution in [2.24, 2.45) is 0 Å². The fraction of sp³-hybridized carbons (Fsp3) is 0.250. The molecular formula is C16H15ClN2O2S. The summed E-state index contributed by atoms with van der Waals surface area (Å²) in [5.74, 6) is -0.0423. The second-order valence-corrected chi connectivity index (χ2v) is 6.26. The fourth-order valence-corrected chi connectivity index (χ4v) is 3.33. The van der Waals surface area contributed by atoms with E-state index in [-0.39, 0.29) is 11.8 Å². The highest BCUT2D eigenvalue weighted by atomic mass is 35.5. The molecule has 2 amide bonds. The first-order valence-electron chi connectivity index (χ1n) is 7.02. The second-order valence-electron chi connectivity index (χ2n) is 5.08. The van der Waals surface area contributed by atoms with Crippen molar-refractivity contribution >= 4 is 34.8 Å². The molecule has 0 atom stereocenters. The molecule has 3 rings (SSSR count). The minimum Gasteiger partial charge on any atom is -0.335 e. The number of nitrogens with zero attached hydrogens (tertiary/aromatic N) is 2. The lowest BCUT2D eigenvalue weighted by Crippen LogP contribution is -2.50. The molecule has 1 saturated heterocycles. The molecule has 2 aromatic rings. The highest BCUT2D eigenvalue weighted by Gasteiger charge is 2.26. The van der Waals surface area contributed by atoms with Crippen molar-refractivity contribution in [1.82, 2.24) is 9.80 Å². The van der Waals surface area contributed by atoms with Crippen LogP contribution < -0.4 is 0 Å². The van der Waals surface area contributed by atoms with E-state index in [0.29, 0.717) is 36.8 Å². The van der Waals surface area contributed by atoms with Crippen molar-refractivity contribution in [2.75, 3.05) is 26.2 Å². The van der Waals surface area contributed by atoms with Gasteiger partial charge in [0.15, 0.2) is 0 Å². The average Bonchev–Trinajstić information content (AvgIpc) is 3.09. The van der Waals surface area contributed by atoms with Gasteiger partial charge in [-0.15, -0.1) is 0 Å². The van der Waals surface area contributed by atoms with Gasteiger partial charge in [-0.2, -0.15) is 11.3 Å². The van der Waals surface area contributed by atoms with Crippen LogP contribution in [0.3, 0.4) is 0 Å². The predicted molar refractivity (Wildman–Crippen MR) is 87.6 cm³/mol. The Labute approximate surface area is 137 Å². The van der Waals surface area contributed by atoms with Gasteiger partial charge in [-0.1, -0.05) is 23.7 Å². The van der Waals surface area contributed by atoms with Crippen LogP contribution in [0, 0.1) is 0 Å². The van der Waals surface area contributed by atoms with E-state index < -0.39 is 0 Å². The van der Waals surface area contributed by atoms with E-state index in [1.54, 1.807) is 34.1 Å². The van der Waals surface area contributed by atoms with E-state index in [0.717, 1.165) is 5.56 Å². The number of amides is 2. The molecule has 0 bridgehead atoms. The Balaban J connectivity index is 1.63. The average molecular weight is 335 g/mol. The Morgan fingerprint density at radius 1 is 0.955 bits per heavy atom. The van der Waals surface area contributed by atoms with Gasteiger partial charge in [0, 0.05) is 31.6 Å². The zero-order chi connectivity index (χ0) is 15.5. The molecule has 2 heterocycles. The molecule has 22 heavy (non-hydrogen) atoms. The molecule has 0 radical (unpaired) electrons. The minimum absolute atomic E-state index is 0.0334. The summed E-state index contributed by atoms with van der Waals surface area (Å²) in [5.41, 5.74) is 1.23. The zero-order valence-corrected chi connectivity index (χ0v) is 13.4. The number of halogens is 1. The first-order valence-corrected chi connectivity index (χ1v) is 8.34. The first-order chi connectivity index (χ1) is 10.7. The van der Waals surface area contributed by atoms with Gasteiger partial charge in [0.2, 0.25) is 0 Å². The summed E-state index contributed by atoms with van der Waals surface area (Å²) in [7, 11) is 0. The highest BCUT2D eigenvalue weighted by molar-refractivity contribution is 7.08. The summed E-state index contributed by atoms with van der Waals surface area (Å²) in [6.45, 7) is 2.15. The van der Waals surface area contributed by atoms with Gasteiger partial charge >= 0.3 is 0 Å². The fourth-order valence-electron chi connectivity index (χ4n) is 2.49. The Morgan fingerprint density at radius 3 is 2.18 bits per heavy atom. The van der Waals surface area contributed by atoms with Crippen molar-refractivity contribution in [3.05, 3.63) is 57.2 Å². The van der Waals surface area contributed by atoms with E-state index in [1.165, 1.54) is 11.3 Å². The third-order valence-corrected chi connectivity index (χ3v) is 4.74. The van der Waals surface area contributed by atoms with Gasteiger partial charge in [0.25, 0.3) is 11.8 Å². The lowest BCUT2D eigenvalue weighted by atomic mass is 10.1. The van der Waals surface area contributed by atoms with Gasteiger partial charge in [0.1, 0.15) is 0 Å². The van der Waals surface area contributed by atoms with E-state index in [4.69, 9.17) is 11.6 Å². The molecule has 114 valence electrons. The van der Waals surface area contributed by atoms with Crippen LogP contribution in [0.15, 0.2) is 41.1 Å². The summed E-state index contributed by atoms with van der Waals surface area (Å²) in [6.07, 6.45) is 0. The van der Waals surface area contributed by atoms with Gasteiger partial charge in [-0.3, -0.25) is 9.59 Å². The normalized spacial score (nSPS) is 15.0. The summed E-state index contributed by atoms with van der Waals surface area (Å²) in [6, 6.07) is 8.87. The lowest BCUT2D eigenvalue weighted by Gasteiger charge is -2.34. The minimum atomic E-state index is -0.0757. The van der Waals surface area contributed by atoms with Crippen molar-refractivity contribution in [3.8, 4) is 0 Å². The quantitative estimate of drug-likeness (QED) is 0.847. The topological polar surface area (TPSA) is 40.6 Å². The molecule has 6 heteroatoms. The summed E-state index contributed by atoms with van der Waals surface area (Å²) >= 11 is 7.58. The monoisotopic (exact) mass is 334 g/mol. The first kappa shape index (κ1) is 15.1. The van der Waals surface area contributed by atoms with E-state index in [9.17, 15) is 9.59 Å². The molecule has 1 aliphatic rings. The maximum atomic E-state index is 12.5. The van der Waals surface area contributed by atoms with Crippen molar-refractivity contribution in [3.63, 3.8) is 0 Å². The van der Waals surface area contributed by atoms with E-state index in [2.05, 4.69) is 0 Å². The smallest absolute Gasteiger partial charge is 0.255 e. The summed E-state index contributed by atoms with van der Waals surface area (Å²) in [5, 5.41) is 4.21. The van der Waals surface area contributed by atoms with Crippen LogP contribution in [-0.2, 0) is 0 Å². The number of piperazine rings is 1. The third kappa shape index (κ3) is 3.00.